The van der Waals surface area contributed by atoms with E-state index in [1.165, 1.54) is 11.8 Å². The standard InChI is InChI=1S/C22H22N2O4S/c1-2-28-21(27)18-19(15-9-5-3-6-10-15)23-22(29-14-13-17(25)26)24-20(18)16-11-7-4-8-12-16/h3-12,19H,2,13-14H2,1H3,(H,23,24)(H,25,26)/t19-/m0/s1. The average molecular weight is 410 g/mol. The van der Waals surface area contributed by atoms with E-state index >= 15 is 0 Å². The van der Waals surface area contributed by atoms with Gasteiger partial charge in [0.05, 0.1) is 24.3 Å². The Morgan fingerprint density at radius 1 is 1.10 bits per heavy atom. The summed E-state index contributed by atoms with van der Waals surface area (Å²) in [5.74, 6) is -0.912. The highest BCUT2D eigenvalue weighted by Crippen LogP contribution is 2.36. The number of aliphatic carboxylic acids is 1. The number of esters is 1. The van der Waals surface area contributed by atoms with Crippen LogP contribution in [0.5, 0.6) is 0 Å². The molecule has 3 rings (SSSR count). The van der Waals surface area contributed by atoms with Crippen LogP contribution >= 0.6 is 11.8 Å². The number of ether oxygens (including phenoxy) is 1. The van der Waals surface area contributed by atoms with Crippen molar-refractivity contribution in [1.29, 1.82) is 0 Å². The Bertz CT molecular complexity index is 926. The lowest BCUT2D eigenvalue weighted by molar-refractivity contribution is -0.139. The Labute approximate surface area is 173 Å². The molecule has 7 heteroatoms. The number of carbonyl (C=O) groups excluding carboxylic acids is 1. The molecular weight excluding hydrogens is 388 g/mol. The second kappa shape index (κ2) is 9.93. The van der Waals surface area contributed by atoms with E-state index in [2.05, 4.69) is 5.32 Å². The molecule has 2 aromatic carbocycles. The molecule has 150 valence electrons. The van der Waals surface area contributed by atoms with Gasteiger partial charge in [-0.3, -0.25) is 4.79 Å². The number of hydrogen-bond acceptors (Lipinski definition) is 6. The van der Waals surface area contributed by atoms with Gasteiger partial charge in [-0.25, -0.2) is 9.79 Å². The highest BCUT2D eigenvalue weighted by atomic mass is 32.2. The van der Waals surface area contributed by atoms with Crippen LogP contribution < -0.4 is 5.32 Å². The average Bonchev–Trinajstić information content (AvgIpc) is 2.74. The topological polar surface area (TPSA) is 88.0 Å². The van der Waals surface area contributed by atoms with Gasteiger partial charge in [0.2, 0.25) is 0 Å². The first-order valence-corrected chi connectivity index (χ1v) is 10.3. The molecule has 0 bridgehead atoms. The molecule has 0 fully saturated rings. The number of benzene rings is 2. The number of amidine groups is 1. The molecular formula is C22H22N2O4S. The summed E-state index contributed by atoms with van der Waals surface area (Å²) in [6.45, 7) is 2.03. The van der Waals surface area contributed by atoms with E-state index < -0.39 is 18.0 Å². The van der Waals surface area contributed by atoms with E-state index in [1.807, 2.05) is 60.7 Å². The van der Waals surface area contributed by atoms with Crippen LogP contribution in [0, 0.1) is 0 Å². The predicted molar refractivity (Wildman–Crippen MR) is 114 cm³/mol. The van der Waals surface area contributed by atoms with Gasteiger partial charge in [-0.1, -0.05) is 72.4 Å². The summed E-state index contributed by atoms with van der Waals surface area (Å²) in [4.78, 5) is 28.5. The van der Waals surface area contributed by atoms with E-state index in [0.29, 0.717) is 22.2 Å². The van der Waals surface area contributed by atoms with Crippen LogP contribution in [-0.2, 0) is 14.3 Å². The van der Waals surface area contributed by atoms with Crippen molar-refractivity contribution in [2.75, 3.05) is 12.4 Å². The minimum Gasteiger partial charge on any atom is -0.481 e. The van der Waals surface area contributed by atoms with Gasteiger partial charge >= 0.3 is 11.9 Å². The summed E-state index contributed by atoms with van der Waals surface area (Å²) in [6, 6.07) is 18.5. The number of carboxylic acids is 1. The summed E-state index contributed by atoms with van der Waals surface area (Å²) in [5, 5.41) is 12.7. The number of thioether (sulfide) groups is 1. The Morgan fingerprint density at radius 3 is 2.38 bits per heavy atom. The molecule has 0 unspecified atom stereocenters. The van der Waals surface area contributed by atoms with Crippen LogP contribution in [0.1, 0.15) is 30.5 Å². The van der Waals surface area contributed by atoms with Crippen molar-refractivity contribution >= 4 is 34.6 Å². The number of carbonyl (C=O) groups is 2. The molecule has 1 aliphatic heterocycles. The second-order valence-electron chi connectivity index (χ2n) is 6.24. The molecule has 1 atom stereocenters. The fourth-order valence-electron chi connectivity index (χ4n) is 2.96. The van der Waals surface area contributed by atoms with Crippen molar-refractivity contribution < 1.29 is 19.4 Å². The minimum absolute atomic E-state index is 0.0243. The third-order valence-corrected chi connectivity index (χ3v) is 5.14. The van der Waals surface area contributed by atoms with Gasteiger partial charge in [-0.2, -0.15) is 0 Å². The fraction of sp³-hybridized carbons (Fsp3) is 0.227. The third kappa shape index (κ3) is 5.26. The van der Waals surface area contributed by atoms with Crippen molar-refractivity contribution in [3.05, 3.63) is 77.4 Å². The molecule has 0 aromatic heterocycles. The number of nitrogens with one attached hydrogen (secondary N) is 1. The molecule has 0 spiro atoms. The molecule has 0 saturated heterocycles. The Balaban J connectivity index is 2.07. The van der Waals surface area contributed by atoms with Gasteiger partial charge in [0.15, 0.2) is 5.17 Å². The maximum atomic E-state index is 12.9. The van der Waals surface area contributed by atoms with Crippen molar-refractivity contribution in [3.63, 3.8) is 0 Å². The van der Waals surface area contributed by atoms with Gasteiger partial charge in [0, 0.05) is 5.75 Å². The van der Waals surface area contributed by atoms with Crippen molar-refractivity contribution in [1.82, 2.24) is 5.32 Å². The van der Waals surface area contributed by atoms with Crippen LogP contribution in [0.3, 0.4) is 0 Å². The Morgan fingerprint density at radius 2 is 1.76 bits per heavy atom. The maximum Gasteiger partial charge on any atom is 0.338 e. The molecule has 0 aliphatic carbocycles. The monoisotopic (exact) mass is 410 g/mol. The Hall–Kier alpha value is -3.06. The first kappa shape index (κ1) is 20.7. The molecule has 0 amide bonds. The molecule has 1 aliphatic rings. The van der Waals surface area contributed by atoms with E-state index in [1.54, 1.807) is 6.92 Å². The first-order valence-electron chi connectivity index (χ1n) is 9.31. The number of rotatable bonds is 7. The molecule has 6 nitrogen and oxygen atoms in total. The molecule has 29 heavy (non-hydrogen) atoms. The Kier molecular flexibility index (Phi) is 7.08. The molecule has 2 N–H and O–H groups in total. The lowest BCUT2D eigenvalue weighted by Crippen LogP contribution is -2.31. The summed E-state index contributed by atoms with van der Waals surface area (Å²) in [7, 11) is 0. The van der Waals surface area contributed by atoms with Gasteiger partial charge < -0.3 is 15.2 Å². The number of aliphatic imine (C=N–C) groups is 1. The van der Waals surface area contributed by atoms with E-state index in [0.717, 1.165) is 11.1 Å². The smallest absolute Gasteiger partial charge is 0.338 e. The molecule has 0 saturated carbocycles. The van der Waals surface area contributed by atoms with Gasteiger partial charge in [0.25, 0.3) is 0 Å². The molecule has 2 aromatic rings. The van der Waals surface area contributed by atoms with Crippen LogP contribution in [0.2, 0.25) is 0 Å². The quantitative estimate of drug-likeness (QED) is 0.674. The van der Waals surface area contributed by atoms with Gasteiger partial charge in [-0.05, 0) is 18.1 Å². The van der Waals surface area contributed by atoms with Crippen molar-refractivity contribution in [2.24, 2.45) is 4.99 Å². The van der Waals surface area contributed by atoms with Crippen molar-refractivity contribution in [3.8, 4) is 0 Å². The molecule has 1 heterocycles. The maximum absolute atomic E-state index is 12.9. The van der Waals surface area contributed by atoms with E-state index in [-0.39, 0.29) is 13.0 Å². The highest BCUT2D eigenvalue weighted by Gasteiger charge is 2.32. The zero-order chi connectivity index (χ0) is 20.6. The largest absolute Gasteiger partial charge is 0.481 e. The van der Waals surface area contributed by atoms with Crippen LogP contribution in [-0.4, -0.2) is 34.6 Å². The fourth-order valence-corrected chi connectivity index (χ4v) is 3.79. The van der Waals surface area contributed by atoms with Crippen LogP contribution in [0.15, 0.2) is 71.2 Å². The third-order valence-electron chi connectivity index (χ3n) is 4.25. The lowest BCUT2D eigenvalue weighted by Gasteiger charge is -2.27. The number of carboxylic acid groups (broad SMARTS) is 1. The summed E-state index contributed by atoms with van der Waals surface area (Å²) < 4.78 is 5.34. The zero-order valence-electron chi connectivity index (χ0n) is 16.0. The summed E-state index contributed by atoms with van der Waals surface area (Å²) >= 11 is 1.32. The van der Waals surface area contributed by atoms with Crippen LogP contribution in [0.4, 0.5) is 0 Å². The van der Waals surface area contributed by atoms with Crippen molar-refractivity contribution in [2.45, 2.75) is 19.4 Å². The summed E-state index contributed by atoms with van der Waals surface area (Å²) in [5.41, 5.74) is 2.77. The zero-order valence-corrected chi connectivity index (χ0v) is 16.8. The summed E-state index contributed by atoms with van der Waals surface area (Å²) in [6.07, 6.45) is 0.0243. The van der Waals surface area contributed by atoms with Gasteiger partial charge in [0.1, 0.15) is 6.04 Å². The predicted octanol–water partition coefficient (Wildman–Crippen LogP) is 3.87. The highest BCUT2D eigenvalue weighted by molar-refractivity contribution is 8.13. The number of hydrogen-bond donors (Lipinski definition) is 2. The van der Waals surface area contributed by atoms with Crippen LogP contribution in [0.25, 0.3) is 5.70 Å². The molecule has 0 radical (unpaired) electrons. The first-order chi connectivity index (χ1) is 14.1. The number of nitrogens with zero attached hydrogens (tertiary/aromatic N) is 1. The van der Waals surface area contributed by atoms with Gasteiger partial charge in [-0.15, -0.1) is 0 Å². The lowest BCUT2D eigenvalue weighted by atomic mass is 9.94. The minimum atomic E-state index is -0.862. The normalized spacial score (nSPS) is 16.0. The second-order valence-corrected chi connectivity index (χ2v) is 7.32. The van der Waals surface area contributed by atoms with E-state index in [4.69, 9.17) is 14.8 Å². The van der Waals surface area contributed by atoms with E-state index in [9.17, 15) is 9.59 Å². The SMILES string of the molecule is CCOC(=O)C1=C(c2ccccc2)NC(SCCC(=O)O)=N[C@H]1c1ccccc1.